The predicted molar refractivity (Wildman–Crippen MR) is 27.0 cm³/mol. The Morgan fingerprint density at radius 3 is 2.08 bits per heavy atom. The Morgan fingerprint density at radius 1 is 1.25 bits per heavy atom. The van der Waals surface area contributed by atoms with Crippen molar-refractivity contribution in [3.63, 3.8) is 0 Å². The van der Waals surface area contributed by atoms with E-state index >= 15 is 0 Å². The van der Waals surface area contributed by atoms with Crippen molar-refractivity contribution in [1.29, 1.82) is 0 Å². The van der Waals surface area contributed by atoms with Gasteiger partial charge in [-0.3, -0.25) is 9.59 Å². The summed E-state index contributed by atoms with van der Waals surface area (Å²) in [5.41, 5.74) is 0. The first-order chi connectivity index (χ1) is 5.60. The van der Waals surface area contributed by atoms with Crippen LogP contribution in [0.3, 0.4) is 0 Å². The first-order valence-electron chi connectivity index (χ1n) is 2.52. The van der Waals surface area contributed by atoms with E-state index in [-0.39, 0.29) is 0 Å². The molecular formula is C3H2BF3O5. The van der Waals surface area contributed by atoms with Crippen LogP contribution in [0.4, 0.5) is 13.4 Å². The minimum atomic E-state index is -2.53. The molecule has 0 aliphatic carbocycles. The van der Waals surface area contributed by atoms with Gasteiger partial charge in [0.25, 0.3) is 0 Å². The second kappa shape index (κ2) is 5.55. The van der Waals surface area contributed by atoms with Gasteiger partial charge in [0.05, 0.1) is 0 Å². The molecule has 0 atom stereocenters. The van der Waals surface area contributed by atoms with E-state index < -0.39 is 25.7 Å². The Kier molecular flexibility index (Phi) is 5.05. The SMILES string of the molecule is O=C(F)CC(=O)OB(OF)OF. The van der Waals surface area contributed by atoms with E-state index in [0.717, 1.165) is 0 Å². The topological polar surface area (TPSA) is 61.8 Å². The minimum Gasteiger partial charge on any atom is -0.481 e. The van der Waals surface area contributed by atoms with Gasteiger partial charge < -0.3 is 4.65 Å². The van der Waals surface area contributed by atoms with E-state index in [2.05, 4.69) is 14.4 Å². The fourth-order valence-corrected chi connectivity index (χ4v) is 0.313. The third-order valence-corrected chi connectivity index (χ3v) is 0.656. The maximum atomic E-state index is 11.4. The Bertz CT molecular complexity index is 171. The Labute approximate surface area is 64.4 Å². The van der Waals surface area contributed by atoms with Crippen molar-refractivity contribution in [2.75, 3.05) is 0 Å². The Hall–Kier alpha value is -1.09. The summed E-state index contributed by atoms with van der Waals surface area (Å²) < 4.78 is 37.0. The minimum absolute atomic E-state index is 1.26. The molecule has 5 nitrogen and oxygen atoms in total. The molecule has 0 spiro atoms. The van der Waals surface area contributed by atoms with Crippen LogP contribution < -0.4 is 0 Å². The number of carbonyl (C=O) groups is 2. The van der Waals surface area contributed by atoms with Gasteiger partial charge in [-0.15, -0.1) is 0 Å². The highest BCUT2D eigenvalue weighted by Gasteiger charge is 2.30. The van der Waals surface area contributed by atoms with Crippen molar-refractivity contribution < 1.29 is 37.4 Å². The first-order valence-corrected chi connectivity index (χ1v) is 2.52. The summed E-state index contributed by atoms with van der Waals surface area (Å²) in [5, 5.41) is 0. The summed E-state index contributed by atoms with van der Waals surface area (Å²) in [4.78, 5) is 24.9. The van der Waals surface area contributed by atoms with Gasteiger partial charge in [-0.25, -0.2) is 0 Å². The number of hydrogen-bond donors (Lipinski definition) is 0. The molecular weight excluding hydrogens is 184 g/mol. The largest absolute Gasteiger partial charge is 0.780 e. The zero-order valence-corrected chi connectivity index (χ0v) is 5.46. The zero-order chi connectivity index (χ0) is 9.56. The Balaban J connectivity index is 3.74. The van der Waals surface area contributed by atoms with E-state index in [0.29, 0.717) is 0 Å². The summed E-state index contributed by atoms with van der Waals surface area (Å²) in [6.45, 7) is 0. The molecule has 68 valence electrons. The van der Waals surface area contributed by atoms with Gasteiger partial charge in [0.2, 0.25) is 0 Å². The van der Waals surface area contributed by atoms with Gasteiger partial charge in [0.15, 0.2) is 0 Å². The summed E-state index contributed by atoms with van der Waals surface area (Å²) in [7, 11) is -2.53. The van der Waals surface area contributed by atoms with Gasteiger partial charge in [0.1, 0.15) is 6.42 Å². The maximum absolute atomic E-state index is 11.4. The van der Waals surface area contributed by atoms with Crippen LogP contribution in [0, 0.1) is 0 Å². The second-order valence-corrected chi connectivity index (χ2v) is 1.49. The van der Waals surface area contributed by atoms with Crippen molar-refractivity contribution in [3.05, 3.63) is 0 Å². The van der Waals surface area contributed by atoms with Gasteiger partial charge in [0, 0.05) is 0 Å². The normalized spacial score (nSPS) is 9.25. The average Bonchev–Trinajstić information content (AvgIpc) is 1.98. The predicted octanol–water partition coefficient (Wildman–Crippen LogP) is 0.203. The molecule has 0 unspecified atom stereocenters. The molecule has 0 aromatic rings. The molecule has 0 aliphatic heterocycles. The highest BCUT2D eigenvalue weighted by atomic mass is 19.3. The van der Waals surface area contributed by atoms with Crippen molar-refractivity contribution in [2.24, 2.45) is 0 Å². The van der Waals surface area contributed by atoms with Crippen molar-refractivity contribution >= 4 is 19.3 Å². The number of hydrogen-bond acceptors (Lipinski definition) is 5. The molecule has 0 N–H and O–H groups in total. The summed E-state index contributed by atoms with van der Waals surface area (Å²) >= 11 is 0. The standard InChI is InChI=1S/C3H2BF3O5/c5-2(8)1-3(9)10-4(11-6)12-7/h1H2. The molecule has 0 radical (unpaired) electrons. The van der Waals surface area contributed by atoms with E-state index in [1.807, 2.05) is 0 Å². The molecule has 0 aromatic heterocycles. The van der Waals surface area contributed by atoms with Crippen LogP contribution in [0.1, 0.15) is 6.42 Å². The summed E-state index contributed by atoms with van der Waals surface area (Å²) in [6, 6.07) is -2.00. The monoisotopic (exact) mass is 186 g/mol. The number of halogens is 3. The number of rotatable bonds is 5. The molecule has 0 aliphatic rings. The van der Waals surface area contributed by atoms with Crippen LogP contribution in [0.25, 0.3) is 0 Å². The lowest BCUT2D eigenvalue weighted by molar-refractivity contribution is -0.163. The molecule has 0 saturated carbocycles. The molecule has 12 heavy (non-hydrogen) atoms. The van der Waals surface area contributed by atoms with Gasteiger partial charge in [-0.1, -0.05) is 9.05 Å². The van der Waals surface area contributed by atoms with Crippen molar-refractivity contribution in [1.82, 2.24) is 0 Å². The molecule has 0 fully saturated rings. The number of carbonyl (C=O) groups excluding carboxylic acids is 2. The molecule has 0 saturated heterocycles. The van der Waals surface area contributed by atoms with Crippen molar-refractivity contribution in [3.8, 4) is 0 Å². The fourth-order valence-electron chi connectivity index (χ4n) is 0.313. The molecule has 9 heteroatoms. The molecule has 0 bridgehead atoms. The molecule has 0 amide bonds. The van der Waals surface area contributed by atoms with E-state index in [9.17, 15) is 23.0 Å². The highest BCUT2D eigenvalue weighted by Crippen LogP contribution is 1.97. The van der Waals surface area contributed by atoms with Crippen LogP contribution in [0.5, 0.6) is 0 Å². The van der Waals surface area contributed by atoms with Crippen molar-refractivity contribution in [2.45, 2.75) is 6.42 Å². The maximum Gasteiger partial charge on any atom is 0.780 e. The third kappa shape index (κ3) is 4.69. The van der Waals surface area contributed by atoms with Gasteiger partial charge in [-0.05, 0) is 0 Å². The lowest BCUT2D eigenvalue weighted by atomic mass is 10.2. The average molecular weight is 186 g/mol. The molecule has 0 aromatic carbocycles. The van der Waals surface area contributed by atoms with Crippen LogP contribution in [-0.4, -0.2) is 19.3 Å². The summed E-state index contributed by atoms with van der Waals surface area (Å²) in [5.74, 6) is -1.51. The first kappa shape index (κ1) is 10.9. The van der Waals surface area contributed by atoms with E-state index in [4.69, 9.17) is 0 Å². The molecule has 0 heterocycles. The van der Waals surface area contributed by atoms with Crippen LogP contribution in [-0.2, 0) is 24.0 Å². The van der Waals surface area contributed by atoms with Gasteiger partial charge in [-0.2, -0.15) is 14.1 Å². The van der Waals surface area contributed by atoms with E-state index in [1.165, 1.54) is 0 Å². The second-order valence-electron chi connectivity index (χ2n) is 1.49. The third-order valence-electron chi connectivity index (χ3n) is 0.656. The zero-order valence-electron chi connectivity index (χ0n) is 5.46. The van der Waals surface area contributed by atoms with Crippen LogP contribution in [0.15, 0.2) is 0 Å². The van der Waals surface area contributed by atoms with Crippen LogP contribution >= 0.6 is 0 Å². The lowest BCUT2D eigenvalue weighted by Crippen LogP contribution is -2.25. The van der Waals surface area contributed by atoms with Crippen LogP contribution in [0.2, 0.25) is 0 Å². The van der Waals surface area contributed by atoms with Gasteiger partial charge >= 0.3 is 19.3 Å². The smallest absolute Gasteiger partial charge is 0.481 e. The molecule has 0 rings (SSSR count). The lowest BCUT2D eigenvalue weighted by Gasteiger charge is -2.01. The Morgan fingerprint density at radius 2 is 1.75 bits per heavy atom. The summed E-state index contributed by atoms with van der Waals surface area (Å²) in [6.07, 6.45) is -1.26. The van der Waals surface area contributed by atoms with E-state index in [1.54, 1.807) is 0 Å². The highest BCUT2D eigenvalue weighted by molar-refractivity contribution is 6.38. The quantitative estimate of drug-likeness (QED) is 0.348. The fraction of sp³-hybridized carbons (Fsp3) is 0.333.